The number of aryl methyl sites for hydroxylation is 1. The molecule has 0 spiro atoms. The molecule has 4 rings (SSSR count). The first kappa shape index (κ1) is 25.6. The number of nitrogens with zero attached hydrogens (tertiary/aromatic N) is 3. The Morgan fingerprint density at radius 2 is 1.54 bits per heavy atom. The Kier molecular flexibility index (Phi) is 8.72. The number of piperazine rings is 1. The average Bonchev–Trinajstić information content (AvgIpc) is 2.86. The zero-order valence-corrected chi connectivity index (χ0v) is 22.0. The Labute approximate surface area is 215 Å². The van der Waals surface area contributed by atoms with E-state index in [1.54, 1.807) is 0 Å². The lowest BCUT2D eigenvalue weighted by Gasteiger charge is -2.40. The monoisotopic (exact) mass is 491 g/mol. The molecular formula is C30H38ClN3O. The second-order valence-corrected chi connectivity index (χ2v) is 10.3. The van der Waals surface area contributed by atoms with Crippen LogP contribution < -0.4 is 4.90 Å². The molecule has 0 saturated carbocycles. The van der Waals surface area contributed by atoms with Gasteiger partial charge < -0.3 is 14.9 Å². The van der Waals surface area contributed by atoms with E-state index in [9.17, 15) is 5.11 Å². The number of halogens is 1. The Balaban J connectivity index is 1.36. The summed E-state index contributed by atoms with van der Waals surface area (Å²) in [5.74, 6) is 0.368. The SMILES string of the molecule is Cc1ccc(O)c(N(CCCN2CCN(C(c3ccccc3)c3ccc(Cl)cc3)CC2)C(C)C)c1. The van der Waals surface area contributed by atoms with Crippen molar-refractivity contribution in [1.29, 1.82) is 0 Å². The van der Waals surface area contributed by atoms with Crippen molar-refractivity contribution in [3.05, 3.63) is 94.5 Å². The molecular weight excluding hydrogens is 454 g/mol. The number of benzene rings is 3. The fourth-order valence-electron chi connectivity index (χ4n) is 5.12. The van der Waals surface area contributed by atoms with Crippen LogP contribution in [0.3, 0.4) is 0 Å². The molecule has 1 heterocycles. The van der Waals surface area contributed by atoms with E-state index in [0.29, 0.717) is 11.8 Å². The van der Waals surface area contributed by atoms with Gasteiger partial charge in [0.1, 0.15) is 5.75 Å². The summed E-state index contributed by atoms with van der Waals surface area (Å²) in [6, 6.07) is 25.6. The highest BCUT2D eigenvalue weighted by Gasteiger charge is 2.26. The van der Waals surface area contributed by atoms with Crippen LogP contribution in [0.15, 0.2) is 72.8 Å². The molecule has 1 atom stereocenters. The predicted octanol–water partition coefficient (Wildman–Crippen LogP) is 6.37. The van der Waals surface area contributed by atoms with E-state index in [0.717, 1.165) is 56.4 Å². The average molecular weight is 492 g/mol. The van der Waals surface area contributed by atoms with Crippen LogP contribution in [-0.2, 0) is 0 Å². The highest BCUT2D eigenvalue weighted by Crippen LogP contribution is 2.31. The first-order valence-electron chi connectivity index (χ1n) is 12.8. The van der Waals surface area contributed by atoms with E-state index >= 15 is 0 Å². The van der Waals surface area contributed by atoms with E-state index in [-0.39, 0.29) is 6.04 Å². The third kappa shape index (κ3) is 6.58. The lowest BCUT2D eigenvalue weighted by Crippen LogP contribution is -2.48. The predicted molar refractivity (Wildman–Crippen MR) is 148 cm³/mol. The summed E-state index contributed by atoms with van der Waals surface area (Å²) in [6.07, 6.45) is 1.07. The van der Waals surface area contributed by atoms with Gasteiger partial charge in [0.25, 0.3) is 0 Å². The van der Waals surface area contributed by atoms with Gasteiger partial charge in [-0.2, -0.15) is 0 Å². The maximum atomic E-state index is 10.4. The quantitative estimate of drug-likeness (QED) is 0.377. The molecule has 35 heavy (non-hydrogen) atoms. The minimum atomic E-state index is 0.247. The topological polar surface area (TPSA) is 30.0 Å². The first-order valence-corrected chi connectivity index (χ1v) is 13.1. The van der Waals surface area contributed by atoms with Crippen molar-refractivity contribution in [2.75, 3.05) is 44.2 Å². The van der Waals surface area contributed by atoms with Crippen molar-refractivity contribution < 1.29 is 5.11 Å². The number of aromatic hydroxyl groups is 1. The van der Waals surface area contributed by atoms with Gasteiger partial charge in [-0.3, -0.25) is 4.90 Å². The number of hydrogen-bond donors (Lipinski definition) is 1. The third-order valence-corrected chi connectivity index (χ3v) is 7.26. The van der Waals surface area contributed by atoms with E-state index in [4.69, 9.17) is 11.6 Å². The fourth-order valence-corrected chi connectivity index (χ4v) is 5.25. The first-order chi connectivity index (χ1) is 16.9. The lowest BCUT2D eigenvalue weighted by molar-refractivity contribution is 0.109. The summed E-state index contributed by atoms with van der Waals surface area (Å²) in [5, 5.41) is 11.2. The molecule has 1 unspecified atom stereocenters. The molecule has 5 heteroatoms. The van der Waals surface area contributed by atoms with E-state index in [1.165, 1.54) is 16.7 Å². The maximum Gasteiger partial charge on any atom is 0.138 e. The summed E-state index contributed by atoms with van der Waals surface area (Å²) in [6.45, 7) is 12.7. The number of hydrogen-bond acceptors (Lipinski definition) is 4. The van der Waals surface area contributed by atoms with Gasteiger partial charge in [-0.25, -0.2) is 0 Å². The second-order valence-electron chi connectivity index (χ2n) is 9.88. The number of phenols is 1. The fraction of sp³-hybridized carbons (Fsp3) is 0.400. The smallest absolute Gasteiger partial charge is 0.138 e. The van der Waals surface area contributed by atoms with Crippen LogP contribution in [0.4, 0.5) is 5.69 Å². The van der Waals surface area contributed by atoms with E-state index < -0.39 is 0 Å². The molecule has 0 aromatic heterocycles. The molecule has 4 nitrogen and oxygen atoms in total. The number of rotatable bonds is 9. The van der Waals surface area contributed by atoms with Gasteiger partial charge in [0, 0.05) is 43.8 Å². The third-order valence-electron chi connectivity index (χ3n) is 7.01. The zero-order chi connectivity index (χ0) is 24.8. The standard InChI is InChI=1S/C30H38ClN3O/c1-23(2)34(28-22-24(3)10-15-29(28)35)17-7-16-32-18-20-33(21-19-32)30(25-8-5-4-6-9-25)26-11-13-27(31)14-12-26/h4-6,8-15,22-23,30,35H,7,16-21H2,1-3H3. The van der Waals surface area contributed by atoms with Crippen molar-refractivity contribution in [1.82, 2.24) is 9.80 Å². The Bertz CT molecular complexity index is 1060. The Morgan fingerprint density at radius 1 is 0.886 bits per heavy atom. The van der Waals surface area contributed by atoms with Crippen LogP contribution in [0, 0.1) is 6.92 Å². The van der Waals surface area contributed by atoms with Gasteiger partial charge in [-0.05, 0) is 74.7 Å². The molecule has 0 bridgehead atoms. The maximum absolute atomic E-state index is 10.4. The molecule has 3 aromatic rings. The minimum Gasteiger partial charge on any atom is -0.506 e. The highest BCUT2D eigenvalue weighted by atomic mass is 35.5. The molecule has 1 saturated heterocycles. The van der Waals surface area contributed by atoms with Crippen molar-refractivity contribution in [3.63, 3.8) is 0 Å². The Morgan fingerprint density at radius 3 is 2.20 bits per heavy atom. The summed E-state index contributed by atoms with van der Waals surface area (Å²) in [5.41, 5.74) is 4.74. The normalized spacial score (nSPS) is 15.9. The van der Waals surface area contributed by atoms with E-state index in [1.807, 2.05) is 24.3 Å². The van der Waals surface area contributed by atoms with Gasteiger partial charge in [0.15, 0.2) is 0 Å². The van der Waals surface area contributed by atoms with Gasteiger partial charge in [-0.1, -0.05) is 60.1 Å². The van der Waals surface area contributed by atoms with Crippen LogP contribution in [0.25, 0.3) is 0 Å². The number of anilines is 1. The lowest BCUT2D eigenvalue weighted by atomic mass is 9.96. The molecule has 0 radical (unpaired) electrons. The van der Waals surface area contributed by atoms with Crippen molar-refractivity contribution in [3.8, 4) is 5.75 Å². The summed E-state index contributed by atoms with van der Waals surface area (Å²) in [7, 11) is 0. The van der Waals surface area contributed by atoms with Crippen molar-refractivity contribution in [2.24, 2.45) is 0 Å². The molecule has 0 aliphatic carbocycles. The van der Waals surface area contributed by atoms with Crippen LogP contribution in [0.2, 0.25) is 5.02 Å². The van der Waals surface area contributed by atoms with Gasteiger partial charge in [-0.15, -0.1) is 0 Å². The molecule has 1 fully saturated rings. The Hall–Kier alpha value is -2.53. The highest BCUT2D eigenvalue weighted by molar-refractivity contribution is 6.30. The van der Waals surface area contributed by atoms with Gasteiger partial charge in [0.2, 0.25) is 0 Å². The molecule has 186 valence electrons. The molecule has 3 aromatic carbocycles. The summed E-state index contributed by atoms with van der Waals surface area (Å²) in [4.78, 5) is 7.50. The molecule has 1 aliphatic rings. The largest absolute Gasteiger partial charge is 0.506 e. The van der Waals surface area contributed by atoms with Crippen LogP contribution in [0.1, 0.15) is 43.0 Å². The molecule has 1 N–H and O–H groups in total. The van der Waals surface area contributed by atoms with Gasteiger partial charge >= 0.3 is 0 Å². The number of phenolic OH excluding ortho intramolecular Hbond substituents is 1. The summed E-state index contributed by atoms with van der Waals surface area (Å²) < 4.78 is 0. The minimum absolute atomic E-state index is 0.247. The van der Waals surface area contributed by atoms with Crippen LogP contribution in [-0.4, -0.2) is 60.2 Å². The van der Waals surface area contributed by atoms with E-state index in [2.05, 4.69) is 84.0 Å². The molecule has 0 amide bonds. The van der Waals surface area contributed by atoms with Gasteiger partial charge in [0.05, 0.1) is 11.7 Å². The molecule has 1 aliphatic heterocycles. The summed E-state index contributed by atoms with van der Waals surface area (Å²) >= 11 is 6.18. The zero-order valence-electron chi connectivity index (χ0n) is 21.2. The van der Waals surface area contributed by atoms with Crippen LogP contribution in [0.5, 0.6) is 5.75 Å². The van der Waals surface area contributed by atoms with Crippen LogP contribution >= 0.6 is 11.6 Å². The van der Waals surface area contributed by atoms with Crippen molar-refractivity contribution >= 4 is 17.3 Å². The second kappa shape index (κ2) is 11.9. The van der Waals surface area contributed by atoms with Crippen molar-refractivity contribution in [2.45, 2.75) is 39.3 Å².